The van der Waals surface area contributed by atoms with E-state index in [2.05, 4.69) is 20.8 Å². The molecule has 0 N–H and O–H groups in total. The summed E-state index contributed by atoms with van der Waals surface area (Å²) in [6, 6.07) is 0. The van der Waals surface area contributed by atoms with Crippen LogP contribution in [0.3, 0.4) is 0 Å². The Morgan fingerprint density at radius 1 is 0.933 bits per heavy atom. The fraction of sp³-hybridized carbons (Fsp3) is 0.929. The highest BCUT2D eigenvalue weighted by atomic mass is 32.2. The fourth-order valence-corrected chi connectivity index (χ4v) is 2.59. The van der Waals surface area contributed by atoms with Crippen LogP contribution in [0.15, 0.2) is 0 Å². The van der Waals surface area contributed by atoms with Gasteiger partial charge in [0.25, 0.3) is 0 Å². The van der Waals surface area contributed by atoms with Crippen molar-refractivity contribution in [1.29, 1.82) is 0 Å². The highest BCUT2D eigenvalue weighted by molar-refractivity contribution is 7.99. The van der Waals surface area contributed by atoms with E-state index in [9.17, 15) is 0 Å². The van der Waals surface area contributed by atoms with Crippen LogP contribution in [0.4, 0.5) is 0 Å². The molecule has 1 heteroatoms. The number of unbranched alkanes of at least 4 members (excludes halogenated alkanes) is 7. The van der Waals surface area contributed by atoms with E-state index in [0.717, 1.165) is 11.0 Å². The number of rotatable bonds is 11. The van der Waals surface area contributed by atoms with Gasteiger partial charge in [0, 0.05) is 5.25 Å². The minimum absolute atomic E-state index is 0.822. The van der Waals surface area contributed by atoms with Crippen molar-refractivity contribution in [2.24, 2.45) is 0 Å². The van der Waals surface area contributed by atoms with Gasteiger partial charge < -0.3 is 0 Å². The SMILES string of the molecule is [CH2]CSC(C)CCCCCCCCCC. The van der Waals surface area contributed by atoms with Crippen molar-refractivity contribution in [3.63, 3.8) is 0 Å². The van der Waals surface area contributed by atoms with Crippen LogP contribution < -0.4 is 0 Å². The smallest absolute Gasteiger partial charge is 0.00187 e. The highest BCUT2D eigenvalue weighted by Crippen LogP contribution is 2.17. The zero-order valence-electron chi connectivity index (χ0n) is 10.8. The predicted molar refractivity (Wildman–Crippen MR) is 74.5 cm³/mol. The molecule has 0 saturated carbocycles. The quantitative estimate of drug-likeness (QED) is 0.423. The van der Waals surface area contributed by atoms with E-state index in [1.54, 1.807) is 0 Å². The van der Waals surface area contributed by atoms with Gasteiger partial charge in [-0.2, -0.15) is 11.8 Å². The maximum Gasteiger partial charge on any atom is 0.00187 e. The largest absolute Gasteiger partial charge is 0.159 e. The first-order chi connectivity index (χ1) is 7.31. The molecule has 0 bridgehead atoms. The summed E-state index contributed by atoms with van der Waals surface area (Å²) >= 11 is 2.00. The van der Waals surface area contributed by atoms with Crippen molar-refractivity contribution < 1.29 is 0 Å². The lowest BCUT2D eigenvalue weighted by molar-refractivity contribution is 0.564. The lowest BCUT2D eigenvalue weighted by atomic mass is 10.1. The molecule has 0 rings (SSSR count). The molecule has 1 unspecified atom stereocenters. The Hall–Kier alpha value is 0.350. The molecule has 0 aromatic carbocycles. The van der Waals surface area contributed by atoms with E-state index in [-0.39, 0.29) is 0 Å². The molecule has 1 atom stereocenters. The monoisotopic (exact) mass is 229 g/mol. The van der Waals surface area contributed by atoms with Crippen LogP contribution in [0.2, 0.25) is 0 Å². The third-order valence-corrected chi connectivity index (χ3v) is 3.91. The standard InChI is InChI=1S/C14H29S/c1-4-6-7-8-9-10-11-12-13-14(3)15-5-2/h14H,2,4-13H2,1,3H3. The Morgan fingerprint density at radius 3 is 2.00 bits per heavy atom. The average molecular weight is 229 g/mol. The lowest BCUT2D eigenvalue weighted by Gasteiger charge is -2.08. The van der Waals surface area contributed by atoms with Gasteiger partial charge in [-0.15, -0.1) is 0 Å². The Kier molecular flexibility index (Phi) is 12.7. The summed E-state index contributed by atoms with van der Waals surface area (Å²) < 4.78 is 0. The van der Waals surface area contributed by atoms with Crippen LogP contribution in [-0.4, -0.2) is 11.0 Å². The molecule has 0 aliphatic rings. The molecule has 0 aromatic rings. The first-order valence-corrected chi connectivity index (χ1v) is 7.77. The van der Waals surface area contributed by atoms with E-state index < -0.39 is 0 Å². The zero-order chi connectivity index (χ0) is 11.4. The van der Waals surface area contributed by atoms with Gasteiger partial charge in [-0.25, -0.2) is 0 Å². The van der Waals surface area contributed by atoms with Crippen LogP contribution in [0.5, 0.6) is 0 Å². The van der Waals surface area contributed by atoms with Crippen LogP contribution in [-0.2, 0) is 0 Å². The van der Waals surface area contributed by atoms with Gasteiger partial charge in [-0.1, -0.05) is 65.2 Å². The van der Waals surface area contributed by atoms with Gasteiger partial charge in [-0.05, 0) is 19.1 Å². The second-order valence-corrected chi connectivity index (χ2v) is 5.99. The van der Waals surface area contributed by atoms with Gasteiger partial charge in [-0.3, -0.25) is 0 Å². The summed E-state index contributed by atoms with van der Waals surface area (Å²) in [5.41, 5.74) is 0. The molecule has 15 heavy (non-hydrogen) atoms. The van der Waals surface area contributed by atoms with Crippen LogP contribution in [0.25, 0.3) is 0 Å². The Balaban J connectivity index is 2.98. The molecule has 1 radical (unpaired) electrons. The Labute approximate surface area is 102 Å². The summed E-state index contributed by atoms with van der Waals surface area (Å²) in [6.07, 6.45) is 12.8. The van der Waals surface area contributed by atoms with Gasteiger partial charge in [0.2, 0.25) is 0 Å². The molecular formula is C14H29S. The summed E-state index contributed by atoms with van der Waals surface area (Å²) in [4.78, 5) is 0. The second-order valence-electron chi connectivity index (χ2n) is 4.44. The van der Waals surface area contributed by atoms with Crippen LogP contribution in [0, 0.1) is 6.92 Å². The molecule has 0 fully saturated rings. The lowest BCUT2D eigenvalue weighted by Crippen LogP contribution is -1.96. The third kappa shape index (κ3) is 12.3. The first kappa shape index (κ1) is 15.3. The van der Waals surface area contributed by atoms with Crippen molar-refractivity contribution in [1.82, 2.24) is 0 Å². The fourth-order valence-electron chi connectivity index (χ4n) is 1.85. The maximum atomic E-state index is 3.87. The molecule has 0 aromatic heterocycles. The third-order valence-electron chi connectivity index (χ3n) is 2.87. The van der Waals surface area contributed by atoms with Gasteiger partial charge in [0.05, 0.1) is 0 Å². The Morgan fingerprint density at radius 2 is 1.47 bits per heavy atom. The molecule has 0 saturated heterocycles. The average Bonchev–Trinajstić information content (AvgIpc) is 2.22. The molecule has 0 aliphatic carbocycles. The van der Waals surface area contributed by atoms with Gasteiger partial charge in [0.1, 0.15) is 0 Å². The van der Waals surface area contributed by atoms with Crippen molar-refractivity contribution in [3.8, 4) is 0 Å². The van der Waals surface area contributed by atoms with Crippen molar-refractivity contribution in [2.45, 2.75) is 76.9 Å². The summed E-state index contributed by atoms with van der Waals surface area (Å²) in [6.45, 7) is 8.48. The first-order valence-electron chi connectivity index (χ1n) is 6.72. The molecule has 0 heterocycles. The van der Waals surface area contributed by atoms with E-state index in [0.29, 0.717) is 0 Å². The minimum Gasteiger partial charge on any atom is -0.159 e. The molecule has 0 amide bonds. The topological polar surface area (TPSA) is 0 Å². The van der Waals surface area contributed by atoms with E-state index in [1.807, 2.05) is 11.8 Å². The molecule has 91 valence electrons. The van der Waals surface area contributed by atoms with Crippen LogP contribution in [0.1, 0.15) is 71.6 Å². The number of hydrogen-bond acceptors (Lipinski definition) is 1. The van der Waals surface area contributed by atoms with E-state index in [4.69, 9.17) is 0 Å². The van der Waals surface area contributed by atoms with E-state index in [1.165, 1.54) is 57.8 Å². The minimum atomic E-state index is 0.822. The second kappa shape index (κ2) is 12.4. The highest BCUT2D eigenvalue weighted by Gasteiger charge is 2.00. The summed E-state index contributed by atoms with van der Waals surface area (Å²) in [5.74, 6) is 1.03. The summed E-state index contributed by atoms with van der Waals surface area (Å²) in [7, 11) is 0. The summed E-state index contributed by atoms with van der Waals surface area (Å²) in [5, 5.41) is 0.822. The predicted octanol–water partition coefficient (Wildman–Crippen LogP) is 5.47. The van der Waals surface area contributed by atoms with Gasteiger partial charge in [0.15, 0.2) is 0 Å². The number of thioether (sulfide) groups is 1. The number of hydrogen-bond donors (Lipinski definition) is 0. The van der Waals surface area contributed by atoms with E-state index >= 15 is 0 Å². The van der Waals surface area contributed by atoms with Crippen LogP contribution >= 0.6 is 11.8 Å². The van der Waals surface area contributed by atoms with Crippen molar-refractivity contribution in [2.75, 3.05) is 5.75 Å². The van der Waals surface area contributed by atoms with Crippen molar-refractivity contribution in [3.05, 3.63) is 6.92 Å². The maximum absolute atomic E-state index is 3.87. The Bertz CT molecular complexity index is 112. The molecular weight excluding hydrogens is 200 g/mol. The molecule has 0 spiro atoms. The van der Waals surface area contributed by atoms with Gasteiger partial charge >= 0.3 is 0 Å². The normalized spacial score (nSPS) is 13.0. The molecule has 0 aliphatic heterocycles. The van der Waals surface area contributed by atoms with Crippen molar-refractivity contribution >= 4 is 11.8 Å². The zero-order valence-corrected chi connectivity index (χ0v) is 11.6. The molecule has 0 nitrogen and oxygen atoms in total.